The monoisotopic (exact) mass is 643 g/mol. The van der Waals surface area contributed by atoms with Crippen molar-refractivity contribution in [2.45, 2.75) is 31.2 Å². The highest BCUT2D eigenvalue weighted by atomic mass is 32.2. The summed E-state index contributed by atoms with van der Waals surface area (Å²) < 4.78 is 45.5. The van der Waals surface area contributed by atoms with Crippen molar-refractivity contribution in [1.29, 1.82) is 0 Å². The molecule has 13 nitrogen and oxygen atoms in total. The minimum atomic E-state index is -3.99. The molecular weight excluding hydrogens is 602 g/mol. The highest BCUT2D eigenvalue weighted by Crippen LogP contribution is 2.30. The molecule has 2 heterocycles. The van der Waals surface area contributed by atoms with Crippen LogP contribution in [0.5, 0.6) is 5.75 Å². The van der Waals surface area contributed by atoms with E-state index in [9.17, 15) is 18.0 Å². The SMILES string of the molecule is C=CC1=N/C(=C(\C)N)C(=O)Nc2cccc(CNC)c2OCCOCCOCCN(CCCC(=O)O)S(=O)(=O)c2ccc1cc2. The molecule has 0 aromatic heterocycles. The van der Waals surface area contributed by atoms with Crippen LogP contribution in [0.3, 0.4) is 0 Å². The van der Waals surface area contributed by atoms with Gasteiger partial charge in [0.25, 0.3) is 5.91 Å². The van der Waals surface area contributed by atoms with E-state index in [-0.39, 0.29) is 75.3 Å². The van der Waals surface area contributed by atoms with E-state index in [0.717, 1.165) is 5.56 Å². The molecule has 14 heteroatoms. The highest BCUT2D eigenvalue weighted by molar-refractivity contribution is 7.89. The third kappa shape index (κ3) is 10.2. The smallest absolute Gasteiger partial charge is 0.303 e. The lowest BCUT2D eigenvalue weighted by Crippen LogP contribution is -2.35. The average Bonchev–Trinajstić information content (AvgIpc) is 3.00. The fourth-order valence-electron chi connectivity index (χ4n) is 4.43. The number of hydrogen-bond donors (Lipinski definition) is 4. The van der Waals surface area contributed by atoms with Crippen molar-refractivity contribution in [1.82, 2.24) is 9.62 Å². The van der Waals surface area contributed by atoms with Crippen LogP contribution in [0.1, 0.15) is 30.9 Å². The van der Waals surface area contributed by atoms with Crippen LogP contribution < -0.4 is 21.1 Å². The molecule has 0 fully saturated rings. The van der Waals surface area contributed by atoms with Gasteiger partial charge in [-0.2, -0.15) is 4.31 Å². The maximum absolute atomic E-state index is 13.5. The fraction of sp³-hybridized carbons (Fsp3) is 0.387. The number of aliphatic imine (C=N–C) groups is 1. The number of fused-ring (bicyclic) bond motifs is 15. The Labute approximate surface area is 263 Å². The Morgan fingerprint density at radius 2 is 1.82 bits per heavy atom. The summed E-state index contributed by atoms with van der Waals surface area (Å²) in [5.74, 6) is -1.11. The zero-order chi connectivity index (χ0) is 32.8. The van der Waals surface area contributed by atoms with E-state index in [1.807, 2.05) is 6.07 Å². The lowest BCUT2D eigenvalue weighted by molar-refractivity contribution is -0.137. The Hall–Kier alpha value is -4.08. The predicted octanol–water partition coefficient (Wildman–Crippen LogP) is 2.49. The van der Waals surface area contributed by atoms with Gasteiger partial charge in [-0.1, -0.05) is 30.8 Å². The number of para-hydroxylation sites is 1. The molecule has 1 amide bonds. The van der Waals surface area contributed by atoms with Crippen LogP contribution in [-0.4, -0.2) is 88.6 Å². The summed E-state index contributed by atoms with van der Waals surface area (Å²) in [6.45, 7) is 6.85. The van der Waals surface area contributed by atoms with Crippen LogP contribution in [0, 0.1) is 0 Å². The second-order valence-electron chi connectivity index (χ2n) is 10.0. The average molecular weight is 644 g/mol. The molecular formula is C31H41N5O8S. The lowest BCUT2D eigenvalue weighted by atomic mass is 10.1. The number of anilines is 1. The Bertz CT molecular complexity index is 1500. The van der Waals surface area contributed by atoms with Crippen LogP contribution in [0.4, 0.5) is 5.69 Å². The van der Waals surface area contributed by atoms with Crippen molar-refractivity contribution in [3.05, 3.63) is 77.6 Å². The second-order valence-corrected chi connectivity index (χ2v) is 11.9. The number of carboxylic acid groups (broad SMARTS) is 1. The van der Waals surface area contributed by atoms with Crippen LogP contribution >= 0.6 is 0 Å². The standard InChI is InChI=1S/C31H41N5O8S/c1-4-26-23-10-12-25(13-11-23)45(40,41)36(14-6-9-28(37)38)15-16-42-17-18-43-19-20-44-30-24(21-33-3)7-5-8-27(30)35-31(39)29(34-26)22(2)32/h4-5,7-8,10-13,33H,1,6,9,14-21,32H2,2-3H3,(H,35,39)(H,37,38)/b29-22+,34-26?. The third-order valence-electron chi connectivity index (χ3n) is 6.64. The number of carbonyl (C=O) groups excluding carboxylic acids is 1. The summed E-state index contributed by atoms with van der Waals surface area (Å²) in [7, 11) is -2.18. The van der Waals surface area contributed by atoms with Gasteiger partial charge >= 0.3 is 5.97 Å². The van der Waals surface area contributed by atoms with Gasteiger partial charge in [-0.15, -0.1) is 0 Å². The van der Waals surface area contributed by atoms with Gasteiger partial charge in [0.15, 0.2) is 0 Å². The number of nitrogens with two attached hydrogens (primary N) is 1. The fourth-order valence-corrected chi connectivity index (χ4v) is 5.89. The first-order valence-corrected chi connectivity index (χ1v) is 15.9. The number of nitrogens with one attached hydrogen (secondary N) is 2. The zero-order valence-electron chi connectivity index (χ0n) is 25.6. The number of hydrogen-bond acceptors (Lipinski definition) is 10. The molecule has 0 unspecified atom stereocenters. The lowest BCUT2D eigenvalue weighted by Gasteiger charge is -2.22. The molecule has 0 saturated carbocycles. The largest absolute Gasteiger partial charge is 0.489 e. The predicted molar refractivity (Wildman–Crippen MR) is 171 cm³/mol. The van der Waals surface area contributed by atoms with E-state index in [4.69, 9.17) is 25.1 Å². The van der Waals surface area contributed by atoms with Gasteiger partial charge in [0.05, 0.1) is 42.7 Å². The van der Waals surface area contributed by atoms with Gasteiger partial charge in [-0.3, -0.25) is 9.59 Å². The number of aliphatic carboxylic acids is 1. The molecule has 0 spiro atoms. The Morgan fingerprint density at radius 3 is 2.47 bits per heavy atom. The molecule has 5 N–H and O–H groups in total. The number of amides is 1. The molecule has 0 atom stereocenters. The molecule has 2 aliphatic rings. The Morgan fingerprint density at radius 1 is 1.13 bits per heavy atom. The van der Waals surface area contributed by atoms with Crippen LogP contribution in [0.15, 0.2) is 76.4 Å². The quantitative estimate of drug-likeness (QED) is 0.258. The normalized spacial score (nSPS) is 18.3. The third-order valence-corrected chi connectivity index (χ3v) is 8.56. The summed E-state index contributed by atoms with van der Waals surface area (Å²) in [4.78, 5) is 29.0. The van der Waals surface area contributed by atoms with E-state index in [0.29, 0.717) is 29.3 Å². The first-order valence-electron chi connectivity index (χ1n) is 14.4. The van der Waals surface area contributed by atoms with Gasteiger partial charge < -0.3 is 35.7 Å². The summed E-state index contributed by atoms with van der Waals surface area (Å²) in [6.07, 6.45) is 1.40. The first-order chi connectivity index (χ1) is 21.6. The molecule has 0 aliphatic carbocycles. The van der Waals surface area contributed by atoms with Gasteiger partial charge in [-0.25, -0.2) is 13.4 Å². The second kappa shape index (κ2) is 17.4. The molecule has 0 saturated heterocycles. The molecule has 2 aromatic rings. The maximum atomic E-state index is 13.5. The summed E-state index contributed by atoms with van der Waals surface area (Å²) in [5, 5.41) is 15.0. The minimum Gasteiger partial charge on any atom is -0.489 e. The number of ether oxygens (including phenoxy) is 3. The number of allylic oxidation sites excluding steroid dienone is 2. The summed E-state index contributed by atoms with van der Waals surface area (Å²) in [5.41, 5.74) is 8.23. The zero-order valence-corrected chi connectivity index (χ0v) is 26.4. The summed E-state index contributed by atoms with van der Waals surface area (Å²) in [6, 6.07) is 11.3. The molecule has 0 radical (unpaired) electrons. The number of carboxylic acids is 1. The first kappa shape index (κ1) is 35.4. The molecule has 4 rings (SSSR count). The Kier molecular flexibility index (Phi) is 13.7. The van der Waals surface area contributed by atoms with Crippen molar-refractivity contribution in [2.75, 3.05) is 58.5 Å². The number of rotatable bonds is 7. The van der Waals surface area contributed by atoms with Crippen molar-refractivity contribution in [3.63, 3.8) is 0 Å². The molecule has 2 aromatic carbocycles. The minimum absolute atomic E-state index is 0.00298. The van der Waals surface area contributed by atoms with Crippen molar-refractivity contribution < 1.29 is 37.3 Å². The molecule has 244 valence electrons. The van der Waals surface area contributed by atoms with E-state index in [1.54, 1.807) is 38.2 Å². The van der Waals surface area contributed by atoms with Crippen LogP contribution in [-0.2, 0) is 35.6 Å². The van der Waals surface area contributed by atoms with Crippen molar-refractivity contribution >= 4 is 33.3 Å². The van der Waals surface area contributed by atoms with Gasteiger partial charge in [0.1, 0.15) is 18.1 Å². The van der Waals surface area contributed by atoms with Crippen molar-refractivity contribution in [3.8, 4) is 5.75 Å². The maximum Gasteiger partial charge on any atom is 0.303 e. The molecule has 2 bridgehead atoms. The number of sulfonamides is 1. The number of benzene rings is 2. The van der Waals surface area contributed by atoms with Crippen LogP contribution in [0.2, 0.25) is 0 Å². The van der Waals surface area contributed by atoms with E-state index in [1.165, 1.54) is 22.5 Å². The topological polar surface area (TPSA) is 182 Å². The molecule has 45 heavy (non-hydrogen) atoms. The highest BCUT2D eigenvalue weighted by Gasteiger charge is 2.25. The van der Waals surface area contributed by atoms with Gasteiger partial charge in [-0.05, 0) is 44.7 Å². The number of carbonyl (C=O) groups is 2. The summed E-state index contributed by atoms with van der Waals surface area (Å²) >= 11 is 0. The van der Waals surface area contributed by atoms with E-state index in [2.05, 4.69) is 22.2 Å². The molecule has 2 aliphatic heterocycles. The Balaban J connectivity index is 2.00. The number of nitrogens with zero attached hydrogens (tertiary/aromatic N) is 2. The van der Waals surface area contributed by atoms with Gasteiger partial charge in [0.2, 0.25) is 10.0 Å². The van der Waals surface area contributed by atoms with Crippen molar-refractivity contribution in [2.24, 2.45) is 10.7 Å². The van der Waals surface area contributed by atoms with E-state index < -0.39 is 21.9 Å². The van der Waals surface area contributed by atoms with Crippen LogP contribution in [0.25, 0.3) is 0 Å². The van der Waals surface area contributed by atoms with Gasteiger partial charge in [0, 0.05) is 42.9 Å². The van der Waals surface area contributed by atoms with E-state index >= 15 is 0 Å².